The maximum Gasteiger partial charge on any atom is 0.338 e. The molecule has 3 N–H and O–H groups in total. The molecule has 1 saturated heterocycles. The summed E-state index contributed by atoms with van der Waals surface area (Å²) in [6, 6.07) is 11.6. The summed E-state index contributed by atoms with van der Waals surface area (Å²) in [7, 11) is 4.28. The zero-order valence-corrected chi connectivity index (χ0v) is 25.0. The Morgan fingerprint density at radius 3 is 2.40 bits per heavy atom. The van der Waals surface area contributed by atoms with Gasteiger partial charge in [0.25, 0.3) is 0 Å². The molecule has 0 aliphatic carbocycles. The van der Waals surface area contributed by atoms with E-state index in [4.69, 9.17) is 39.7 Å². The van der Waals surface area contributed by atoms with E-state index in [1.165, 1.54) is 44.8 Å². The molecule has 4 aromatic rings. The predicted octanol–water partition coefficient (Wildman–Crippen LogP) is 4.05. The molecule has 228 valence electrons. The van der Waals surface area contributed by atoms with Gasteiger partial charge in [-0.2, -0.15) is 0 Å². The second-order valence-corrected chi connectivity index (χ2v) is 11.2. The van der Waals surface area contributed by atoms with Crippen molar-refractivity contribution < 1.29 is 48.2 Å². The number of aromatic nitrogens is 1. The van der Waals surface area contributed by atoms with Gasteiger partial charge in [-0.1, -0.05) is 23.7 Å². The fraction of sp³-hybridized carbons (Fsp3) is 0.333. The van der Waals surface area contributed by atoms with Crippen molar-refractivity contribution in [3.05, 3.63) is 81.6 Å². The Morgan fingerprint density at radius 2 is 1.74 bits per heavy atom. The third-order valence-electron chi connectivity index (χ3n) is 7.05. The first kappa shape index (κ1) is 30.8. The molecule has 0 unspecified atom stereocenters. The Balaban J connectivity index is 1.31. The zero-order valence-electron chi connectivity index (χ0n) is 23.4. The molecule has 43 heavy (non-hydrogen) atoms. The van der Waals surface area contributed by atoms with E-state index in [9.17, 15) is 20.1 Å². The van der Waals surface area contributed by atoms with E-state index < -0.39 is 43.1 Å². The van der Waals surface area contributed by atoms with Crippen LogP contribution >= 0.6 is 22.9 Å². The molecule has 2 aromatic heterocycles. The largest absolute Gasteiger partial charge is 0.493 e. The number of carbonyl (C=O) groups excluding carboxylic acids is 1. The van der Waals surface area contributed by atoms with Crippen LogP contribution < -0.4 is 14.2 Å². The van der Waals surface area contributed by atoms with Crippen LogP contribution in [-0.2, 0) is 15.9 Å². The SMILES string of the molecule is COc1cc(C(=O)OC[C@H]2O[C@@H](c3ccc(Cl)c(Cc4ncc(-c5ccco5)s4)c3)[C@H](O)[C@@H](O)[C@@H]2O)cc(OC)c1OC. The van der Waals surface area contributed by atoms with Crippen molar-refractivity contribution in [3.8, 4) is 27.9 Å². The van der Waals surface area contributed by atoms with Crippen molar-refractivity contribution in [2.45, 2.75) is 36.9 Å². The van der Waals surface area contributed by atoms with Crippen LogP contribution in [-0.4, -0.2) is 78.6 Å². The number of benzene rings is 2. The topological polar surface area (TPSA) is 150 Å². The van der Waals surface area contributed by atoms with Crippen molar-refractivity contribution in [1.82, 2.24) is 4.98 Å². The summed E-state index contributed by atoms with van der Waals surface area (Å²) in [4.78, 5) is 18.3. The van der Waals surface area contributed by atoms with Gasteiger partial charge in [0.15, 0.2) is 11.5 Å². The number of rotatable bonds is 10. The number of hydrogen-bond acceptors (Lipinski definition) is 12. The number of hydrogen-bond donors (Lipinski definition) is 3. The smallest absolute Gasteiger partial charge is 0.338 e. The fourth-order valence-electron chi connectivity index (χ4n) is 4.80. The van der Waals surface area contributed by atoms with Gasteiger partial charge in [0.2, 0.25) is 5.75 Å². The summed E-state index contributed by atoms with van der Waals surface area (Å²) in [5.41, 5.74) is 1.35. The Hall–Kier alpha value is -3.65. The standard InChI is InChI=1S/C30H30ClNO10S/c1-37-20-10-17(11-21(38-2)29(20)39-3)30(36)41-14-22-25(33)26(34)27(35)28(42-22)15-6-7-18(31)16(9-15)12-24-32-13-23(43-24)19-5-4-8-40-19/h4-11,13,22,25-28,33-35H,12,14H2,1-3H3/t22-,25-,26+,27-,28+/m1/s1. The lowest BCUT2D eigenvalue weighted by Crippen LogP contribution is -2.55. The van der Waals surface area contributed by atoms with Gasteiger partial charge in [-0.05, 0) is 41.5 Å². The van der Waals surface area contributed by atoms with Crippen molar-refractivity contribution in [3.63, 3.8) is 0 Å². The molecule has 2 aromatic carbocycles. The molecular formula is C30H30ClNO10S. The Bertz CT molecular complexity index is 1530. The summed E-state index contributed by atoms with van der Waals surface area (Å²) in [5, 5.41) is 33.4. The molecular weight excluding hydrogens is 602 g/mol. The van der Waals surface area contributed by atoms with Gasteiger partial charge in [-0.3, -0.25) is 0 Å². The summed E-state index contributed by atoms with van der Waals surface area (Å²) in [6.45, 7) is -0.411. The number of thiazole rings is 1. The number of nitrogens with zero attached hydrogens (tertiary/aromatic N) is 1. The van der Waals surface area contributed by atoms with Crippen LogP contribution in [0.5, 0.6) is 17.2 Å². The van der Waals surface area contributed by atoms with Gasteiger partial charge in [-0.25, -0.2) is 9.78 Å². The van der Waals surface area contributed by atoms with E-state index in [-0.39, 0.29) is 17.1 Å². The Morgan fingerprint density at radius 1 is 1.00 bits per heavy atom. The average Bonchev–Trinajstić information content (AvgIpc) is 3.72. The summed E-state index contributed by atoms with van der Waals surface area (Å²) < 4.78 is 32.7. The van der Waals surface area contributed by atoms with Gasteiger partial charge in [0, 0.05) is 17.6 Å². The van der Waals surface area contributed by atoms with Crippen LogP contribution in [0.4, 0.5) is 0 Å². The van der Waals surface area contributed by atoms with Gasteiger partial charge in [0.1, 0.15) is 42.9 Å². The lowest BCUT2D eigenvalue weighted by molar-refractivity contribution is -0.231. The third kappa shape index (κ3) is 6.49. The fourth-order valence-corrected chi connectivity index (χ4v) is 5.89. The predicted molar refractivity (Wildman–Crippen MR) is 156 cm³/mol. The van der Waals surface area contributed by atoms with Crippen molar-refractivity contribution in [1.29, 1.82) is 0 Å². The molecule has 0 bridgehead atoms. The van der Waals surface area contributed by atoms with Gasteiger partial charge >= 0.3 is 5.97 Å². The molecule has 0 spiro atoms. The monoisotopic (exact) mass is 631 g/mol. The molecule has 0 saturated carbocycles. The second kappa shape index (κ2) is 13.3. The number of esters is 1. The number of carbonyl (C=O) groups is 1. The van der Waals surface area contributed by atoms with Crippen molar-refractivity contribution in [2.75, 3.05) is 27.9 Å². The molecule has 3 heterocycles. The molecule has 5 atom stereocenters. The molecule has 13 heteroatoms. The van der Waals surface area contributed by atoms with E-state index in [0.717, 1.165) is 15.4 Å². The number of halogens is 1. The van der Waals surface area contributed by atoms with Gasteiger partial charge in [-0.15, -0.1) is 11.3 Å². The average molecular weight is 632 g/mol. The highest BCUT2D eigenvalue weighted by Gasteiger charge is 2.45. The Labute approximate surface area is 256 Å². The van der Waals surface area contributed by atoms with Gasteiger partial charge in [0.05, 0.1) is 43.0 Å². The summed E-state index contributed by atoms with van der Waals surface area (Å²) in [6.07, 6.45) is -3.03. The second-order valence-electron chi connectivity index (χ2n) is 9.70. The maximum absolute atomic E-state index is 12.9. The lowest BCUT2D eigenvalue weighted by Gasteiger charge is -2.40. The van der Waals surface area contributed by atoms with Crippen LogP contribution in [0.3, 0.4) is 0 Å². The van der Waals surface area contributed by atoms with Crippen LogP contribution in [0.25, 0.3) is 10.6 Å². The first-order valence-corrected chi connectivity index (χ1v) is 14.4. The quantitative estimate of drug-likeness (QED) is 0.218. The van der Waals surface area contributed by atoms with Crippen molar-refractivity contribution in [2.24, 2.45) is 0 Å². The molecule has 1 fully saturated rings. The summed E-state index contributed by atoms with van der Waals surface area (Å²) >= 11 is 7.96. The highest BCUT2D eigenvalue weighted by molar-refractivity contribution is 7.15. The van der Waals surface area contributed by atoms with Crippen LogP contribution in [0.1, 0.15) is 32.6 Å². The number of aliphatic hydroxyl groups is 3. The first-order valence-electron chi connectivity index (χ1n) is 13.2. The van der Waals surface area contributed by atoms with E-state index in [1.807, 2.05) is 6.07 Å². The van der Waals surface area contributed by atoms with Crippen LogP contribution in [0.2, 0.25) is 5.02 Å². The number of methoxy groups -OCH3 is 3. The number of ether oxygens (including phenoxy) is 5. The molecule has 0 radical (unpaired) electrons. The molecule has 11 nitrogen and oxygen atoms in total. The number of furan rings is 1. The minimum atomic E-state index is -1.57. The lowest BCUT2D eigenvalue weighted by atomic mass is 9.90. The number of aliphatic hydroxyl groups excluding tert-OH is 3. The maximum atomic E-state index is 12.9. The third-order valence-corrected chi connectivity index (χ3v) is 8.43. The minimum Gasteiger partial charge on any atom is -0.493 e. The Kier molecular flexibility index (Phi) is 9.55. The van der Waals surface area contributed by atoms with Crippen molar-refractivity contribution >= 4 is 28.9 Å². The zero-order chi connectivity index (χ0) is 30.7. The molecule has 1 aliphatic heterocycles. The van der Waals surface area contributed by atoms with E-state index in [0.29, 0.717) is 28.5 Å². The highest BCUT2D eigenvalue weighted by atomic mass is 35.5. The van der Waals surface area contributed by atoms with Gasteiger partial charge < -0.3 is 43.4 Å². The minimum absolute atomic E-state index is 0.108. The van der Waals surface area contributed by atoms with E-state index in [2.05, 4.69) is 4.98 Å². The molecule has 0 amide bonds. The molecule has 5 rings (SSSR count). The normalized spacial score (nSPS) is 21.8. The highest BCUT2D eigenvalue weighted by Crippen LogP contribution is 2.39. The van der Waals surface area contributed by atoms with E-state index in [1.54, 1.807) is 36.7 Å². The van der Waals surface area contributed by atoms with Crippen LogP contribution in [0.15, 0.2) is 59.3 Å². The van der Waals surface area contributed by atoms with E-state index >= 15 is 0 Å². The first-order chi connectivity index (χ1) is 20.7. The summed E-state index contributed by atoms with van der Waals surface area (Å²) in [5.74, 6) is 0.789. The van der Waals surface area contributed by atoms with Crippen LogP contribution in [0, 0.1) is 0 Å². The molecule has 1 aliphatic rings.